The molecule has 3 heterocycles. The molecule has 1 amide bonds. The van der Waals surface area contributed by atoms with E-state index in [1.165, 1.54) is 0 Å². The second kappa shape index (κ2) is 5.72. The molecule has 1 aliphatic carbocycles. The molecule has 128 valence electrons. The lowest BCUT2D eigenvalue weighted by Gasteiger charge is -2.33. The molecular formula is C17H22N4O3. The van der Waals surface area contributed by atoms with Crippen molar-refractivity contribution in [2.45, 2.75) is 38.5 Å². The number of aliphatic carboxylic acids is 1. The number of carboxylic acids is 1. The first kappa shape index (κ1) is 15.4. The highest BCUT2D eigenvalue weighted by Crippen LogP contribution is 2.53. The average molecular weight is 330 g/mol. The maximum Gasteiger partial charge on any atom is 0.306 e. The molecule has 3 fully saturated rings. The van der Waals surface area contributed by atoms with E-state index in [0.29, 0.717) is 37.7 Å². The summed E-state index contributed by atoms with van der Waals surface area (Å²) in [5.41, 5.74) is -0.108. The van der Waals surface area contributed by atoms with Gasteiger partial charge >= 0.3 is 5.97 Å². The van der Waals surface area contributed by atoms with Gasteiger partial charge in [-0.3, -0.25) is 14.5 Å². The second-order valence-electron chi connectivity index (χ2n) is 7.16. The predicted octanol–water partition coefficient (Wildman–Crippen LogP) is 1.68. The Bertz CT molecular complexity index is 666. The van der Waals surface area contributed by atoms with Crippen molar-refractivity contribution in [3.8, 4) is 0 Å². The van der Waals surface area contributed by atoms with Crippen LogP contribution in [0.15, 0.2) is 12.3 Å². The second-order valence-corrected chi connectivity index (χ2v) is 7.16. The molecule has 1 aromatic rings. The van der Waals surface area contributed by atoms with Crippen molar-refractivity contribution in [1.29, 1.82) is 0 Å². The van der Waals surface area contributed by atoms with Gasteiger partial charge in [-0.25, -0.2) is 4.98 Å². The molecule has 0 atom stereocenters. The summed E-state index contributed by atoms with van der Waals surface area (Å²) in [7, 11) is 0. The standard InChI is InChI=1S/C17H22N4O3/c22-14(23)12-3-10-20(11-4-12)16-18-8-2-13(19-16)21-9-1-5-17(6-7-17)15(21)24/h2,8,12H,1,3-7,9-11H2,(H,22,23). The van der Waals surface area contributed by atoms with E-state index in [2.05, 4.69) is 9.97 Å². The van der Waals surface area contributed by atoms with Crippen LogP contribution in [0.25, 0.3) is 0 Å². The van der Waals surface area contributed by atoms with Gasteiger partial charge in [-0.15, -0.1) is 0 Å². The summed E-state index contributed by atoms with van der Waals surface area (Å²) in [6.07, 6.45) is 6.94. The van der Waals surface area contributed by atoms with E-state index in [1.807, 2.05) is 9.80 Å². The van der Waals surface area contributed by atoms with Crippen LogP contribution in [0.5, 0.6) is 0 Å². The first-order valence-electron chi connectivity index (χ1n) is 8.72. The third kappa shape index (κ3) is 2.61. The molecule has 1 aromatic heterocycles. The number of anilines is 2. The molecule has 0 unspecified atom stereocenters. The Morgan fingerprint density at radius 2 is 1.96 bits per heavy atom. The largest absolute Gasteiger partial charge is 0.481 e. The molecule has 1 saturated carbocycles. The molecule has 3 aliphatic rings. The molecule has 0 aromatic carbocycles. The van der Waals surface area contributed by atoms with Crippen molar-refractivity contribution < 1.29 is 14.7 Å². The topological polar surface area (TPSA) is 86.6 Å². The van der Waals surface area contributed by atoms with Crippen molar-refractivity contribution in [1.82, 2.24) is 9.97 Å². The summed E-state index contributed by atoms with van der Waals surface area (Å²) in [5.74, 6) is 0.486. The van der Waals surface area contributed by atoms with Crippen molar-refractivity contribution in [2.24, 2.45) is 11.3 Å². The molecule has 4 rings (SSSR count). The zero-order valence-electron chi connectivity index (χ0n) is 13.6. The number of carbonyl (C=O) groups excluding carboxylic acids is 1. The number of piperidine rings is 2. The number of rotatable bonds is 3. The summed E-state index contributed by atoms with van der Waals surface area (Å²) < 4.78 is 0. The highest BCUT2D eigenvalue weighted by Gasteiger charge is 2.53. The van der Waals surface area contributed by atoms with E-state index in [-0.39, 0.29) is 17.2 Å². The SMILES string of the molecule is O=C(O)C1CCN(c2nccc(N3CCCC4(CC4)C3=O)n2)CC1. The Labute approximate surface area is 140 Å². The number of hydrogen-bond acceptors (Lipinski definition) is 5. The fourth-order valence-corrected chi connectivity index (χ4v) is 3.87. The van der Waals surface area contributed by atoms with Gasteiger partial charge in [0, 0.05) is 31.2 Å². The number of aromatic nitrogens is 2. The molecule has 7 nitrogen and oxygen atoms in total. The first-order chi connectivity index (χ1) is 11.6. The van der Waals surface area contributed by atoms with Crippen LogP contribution in [0.4, 0.5) is 11.8 Å². The van der Waals surface area contributed by atoms with E-state index >= 15 is 0 Å². The van der Waals surface area contributed by atoms with Crippen molar-refractivity contribution >= 4 is 23.6 Å². The first-order valence-corrected chi connectivity index (χ1v) is 8.72. The average Bonchev–Trinajstić information content (AvgIpc) is 3.38. The van der Waals surface area contributed by atoms with Crippen LogP contribution in [0, 0.1) is 11.3 Å². The van der Waals surface area contributed by atoms with Gasteiger partial charge in [0.25, 0.3) is 0 Å². The summed E-state index contributed by atoms with van der Waals surface area (Å²) >= 11 is 0. The Morgan fingerprint density at radius 3 is 2.62 bits per heavy atom. The van der Waals surface area contributed by atoms with Crippen molar-refractivity contribution in [2.75, 3.05) is 29.4 Å². The maximum absolute atomic E-state index is 12.7. The summed E-state index contributed by atoms with van der Waals surface area (Å²) in [4.78, 5) is 36.5. The van der Waals surface area contributed by atoms with Crippen LogP contribution in [0.3, 0.4) is 0 Å². The fraction of sp³-hybridized carbons (Fsp3) is 0.647. The van der Waals surface area contributed by atoms with Gasteiger partial charge in [0.1, 0.15) is 5.82 Å². The third-order valence-corrected chi connectivity index (χ3v) is 5.62. The van der Waals surface area contributed by atoms with Gasteiger partial charge in [-0.1, -0.05) is 0 Å². The maximum atomic E-state index is 12.7. The molecule has 0 radical (unpaired) electrons. The molecule has 2 aliphatic heterocycles. The number of carboxylic acid groups (broad SMARTS) is 1. The summed E-state index contributed by atoms with van der Waals surface area (Å²) in [6, 6.07) is 1.80. The lowest BCUT2D eigenvalue weighted by atomic mass is 9.94. The van der Waals surface area contributed by atoms with Gasteiger partial charge in [0.2, 0.25) is 11.9 Å². The molecule has 7 heteroatoms. The zero-order valence-corrected chi connectivity index (χ0v) is 13.6. The molecule has 1 spiro atoms. The monoisotopic (exact) mass is 330 g/mol. The molecule has 1 N–H and O–H groups in total. The number of hydrogen-bond donors (Lipinski definition) is 1. The van der Waals surface area contributed by atoms with Gasteiger partial charge in [-0.2, -0.15) is 4.98 Å². The van der Waals surface area contributed by atoms with E-state index in [0.717, 1.165) is 32.2 Å². The predicted molar refractivity (Wildman–Crippen MR) is 87.9 cm³/mol. The number of nitrogens with zero attached hydrogens (tertiary/aromatic N) is 4. The minimum absolute atomic E-state index is 0.108. The van der Waals surface area contributed by atoms with Gasteiger partial charge in [0.05, 0.1) is 5.92 Å². The highest BCUT2D eigenvalue weighted by atomic mass is 16.4. The lowest BCUT2D eigenvalue weighted by molar-refractivity contribution is -0.142. The smallest absolute Gasteiger partial charge is 0.306 e. The van der Waals surface area contributed by atoms with E-state index < -0.39 is 5.97 Å². The third-order valence-electron chi connectivity index (χ3n) is 5.62. The molecule has 2 saturated heterocycles. The van der Waals surface area contributed by atoms with E-state index in [1.54, 1.807) is 12.3 Å². The Hall–Kier alpha value is -2.18. The molecule has 24 heavy (non-hydrogen) atoms. The van der Waals surface area contributed by atoms with E-state index in [9.17, 15) is 9.59 Å². The Kier molecular flexibility index (Phi) is 3.66. The van der Waals surface area contributed by atoms with Crippen LogP contribution in [-0.2, 0) is 9.59 Å². The van der Waals surface area contributed by atoms with Crippen molar-refractivity contribution in [3.05, 3.63) is 12.3 Å². The quantitative estimate of drug-likeness (QED) is 0.907. The van der Waals surface area contributed by atoms with Crippen LogP contribution in [0.1, 0.15) is 38.5 Å². The number of carbonyl (C=O) groups is 2. The van der Waals surface area contributed by atoms with Crippen LogP contribution < -0.4 is 9.80 Å². The van der Waals surface area contributed by atoms with E-state index in [4.69, 9.17) is 5.11 Å². The lowest BCUT2D eigenvalue weighted by Crippen LogP contribution is -2.43. The van der Waals surface area contributed by atoms with Crippen LogP contribution in [-0.4, -0.2) is 46.6 Å². The van der Waals surface area contributed by atoms with Gasteiger partial charge in [0.15, 0.2) is 0 Å². The Balaban J connectivity index is 1.50. The summed E-state index contributed by atoms with van der Waals surface area (Å²) in [5, 5.41) is 9.10. The molecule has 0 bridgehead atoms. The summed E-state index contributed by atoms with van der Waals surface area (Å²) in [6.45, 7) is 1.99. The van der Waals surface area contributed by atoms with Crippen LogP contribution in [0.2, 0.25) is 0 Å². The Morgan fingerprint density at radius 1 is 1.21 bits per heavy atom. The van der Waals surface area contributed by atoms with Crippen molar-refractivity contribution in [3.63, 3.8) is 0 Å². The normalized spacial score (nSPS) is 23.6. The highest BCUT2D eigenvalue weighted by molar-refractivity contribution is 5.99. The minimum Gasteiger partial charge on any atom is -0.481 e. The van der Waals surface area contributed by atoms with Gasteiger partial charge in [-0.05, 0) is 44.6 Å². The zero-order chi connectivity index (χ0) is 16.7. The van der Waals surface area contributed by atoms with Crippen LogP contribution >= 0.6 is 0 Å². The fourth-order valence-electron chi connectivity index (χ4n) is 3.87. The van der Waals surface area contributed by atoms with Gasteiger partial charge < -0.3 is 10.0 Å². The number of amides is 1. The minimum atomic E-state index is -0.724. The molecular weight excluding hydrogens is 308 g/mol.